The predicted octanol–water partition coefficient (Wildman–Crippen LogP) is 11.9. The molecule has 0 radical (unpaired) electrons. The van der Waals surface area contributed by atoms with Crippen LogP contribution in [0.4, 0.5) is 22.0 Å². The van der Waals surface area contributed by atoms with E-state index < -0.39 is 24.5 Å². The zero-order valence-electron chi connectivity index (χ0n) is 26.9. The third kappa shape index (κ3) is 8.94. The van der Waals surface area contributed by atoms with Crippen LogP contribution in [-0.2, 0) is 0 Å². The Kier molecular flexibility index (Phi) is 12.1. The highest BCUT2D eigenvalue weighted by atomic mass is 19.3. The summed E-state index contributed by atoms with van der Waals surface area (Å²) >= 11 is 0. The maximum absolute atomic E-state index is 15.4. The molecular weight excluding hydrogens is 583 g/mol. The van der Waals surface area contributed by atoms with Crippen LogP contribution < -0.4 is 9.47 Å². The van der Waals surface area contributed by atoms with Gasteiger partial charge in [-0.3, -0.25) is 0 Å². The van der Waals surface area contributed by atoms with Crippen LogP contribution in [0, 0.1) is 35.3 Å². The van der Waals surface area contributed by atoms with E-state index in [-0.39, 0.29) is 42.7 Å². The molecule has 2 aromatic carbocycles. The van der Waals surface area contributed by atoms with Crippen molar-refractivity contribution in [2.45, 2.75) is 128 Å². The van der Waals surface area contributed by atoms with Gasteiger partial charge in [0.05, 0.1) is 5.92 Å². The summed E-state index contributed by atoms with van der Waals surface area (Å²) in [6.07, 6.45) is 13.5. The fourth-order valence-electron chi connectivity index (χ4n) is 8.48. The molecule has 250 valence electrons. The van der Waals surface area contributed by atoms with Gasteiger partial charge >= 0.3 is 6.11 Å². The minimum Gasteiger partial charge on any atom is -0.488 e. The number of hydrogen-bond donors (Lipinski definition) is 0. The Morgan fingerprint density at radius 3 is 2.02 bits per heavy atom. The molecule has 7 heteroatoms. The van der Waals surface area contributed by atoms with E-state index in [0.29, 0.717) is 24.3 Å². The van der Waals surface area contributed by atoms with Gasteiger partial charge in [0.1, 0.15) is 24.8 Å². The van der Waals surface area contributed by atoms with Gasteiger partial charge in [-0.05, 0) is 123 Å². The summed E-state index contributed by atoms with van der Waals surface area (Å²) in [6, 6.07) is 8.86. The van der Waals surface area contributed by atoms with Gasteiger partial charge < -0.3 is 9.47 Å². The van der Waals surface area contributed by atoms with Crippen molar-refractivity contribution in [3.63, 3.8) is 0 Å². The first kappa shape index (κ1) is 34.0. The monoisotopic (exact) mass is 634 g/mol. The zero-order valence-corrected chi connectivity index (χ0v) is 26.9. The minimum atomic E-state index is -3.49. The quantitative estimate of drug-likeness (QED) is 0.161. The fraction of sp³-hybridized carbons (Fsp3) is 0.684. The first-order valence-corrected chi connectivity index (χ1v) is 17.6. The third-order valence-electron chi connectivity index (χ3n) is 11.2. The lowest BCUT2D eigenvalue weighted by molar-refractivity contribution is -0.222. The SMILES string of the molecule is CCCCCC1CCC(C2CCC(c3ccc(C4CCC(C(F)(F)Oc5ccc(OCCF)c(F)c5)CC4)c(F)c3)CC2)CC1. The van der Waals surface area contributed by atoms with E-state index >= 15 is 13.2 Å². The smallest absolute Gasteiger partial charge is 0.400 e. The van der Waals surface area contributed by atoms with Gasteiger partial charge in [0.25, 0.3) is 0 Å². The van der Waals surface area contributed by atoms with Crippen LogP contribution in [0.3, 0.4) is 0 Å². The van der Waals surface area contributed by atoms with Crippen LogP contribution in [0.2, 0.25) is 0 Å². The molecular formula is C38H51F5O2. The predicted molar refractivity (Wildman–Crippen MR) is 169 cm³/mol. The first-order chi connectivity index (χ1) is 21.8. The Bertz CT molecular complexity index is 1190. The molecule has 0 aromatic heterocycles. The number of hydrogen-bond acceptors (Lipinski definition) is 2. The Labute approximate surface area is 266 Å². The molecule has 0 aliphatic heterocycles. The van der Waals surface area contributed by atoms with Crippen molar-refractivity contribution in [2.75, 3.05) is 13.3 Å². The Balaban J connectivity index is 1.08. The molecule has 0 unspecified atom stereocenters. The maximum atomic E-state index is 15.4. The average Bonchev–Trinajstić information content (AvgIpc) is 3.05. The van der Waals surface area contributed by atoms with Gasteiger partial charge in [-0.2, -0.15) is 8.78 Å². The van der Waals surface area contributed by atoms with Gasteiger partial charge in [0.15, 0.2) is 11.6 Å². The normalized spacial score (nSPS) is 27.7. The molecule has 0 amide bonds. The standard InChI is InChI=1S/C38H51F5O2/c1-2-3-4-5-26-6-8-27(9-7-26)28-10-12-29(13-11-28)31-16-20-34(35(40)24-31)30-14-17-32(18-15-30)38(42,43)45-33-19-21-37(36(41)25-33)44-23-22-39/h16,19-21,24-30,32H,2-15,17-18,22-23H2,1H3. The van der Waals surface area contributed by atoms with Gasteiger partial charge in [-0.25, -0.2) is 13.2 Å². The van der Waals surface area contributed by atoms with Crippen LogP contribution in [0.25, 0.3) is 0 Å². The highest BCUT2D eigenvalue weighted by molar-refractivity contribution is 5.33. The second kappa shape index (κ2) is 16.0. The number of benzene rings is 2. The van der Waals surface area contributed by atoms with Gasteiger partial charge in [-0.15, -0.1) is 0 Å². The van der Waals surface area contributed by atoms with E-state index in [4.69, 9.17) is 9.47 Å². The van der Waals surface area contributed by atoms with E-state index in [9.17, 15) is 8.78 Å². The second-order valence-electron chi connectivity index (χ2n) is 14.0. The van der Waals surface area contributed by atoms with Crippen molar-refractivity contribution in [1.82, 2.24) is 0 Å². The summed E-state index contributed by atoms with van der Waals surface area (Å²) in [5.41, 5.74) is 1.70. The highest BCUT2D eigenvalue weighted by Gasteiger charge is 2.44. The van der Waals surface area contributed by atoms with E-state index in [2.05, 4.69) is 13.0 Å². The summed E-state index contributed by atoms with van der Waals surface area (Å²) in [6.45, 7) is 1.17. The summed E-state index contributed by atoms with van der Waals surface area (Å²) in [7, 11) is 0. The summed E-state index contributed by atoms with van der Waals surface area (Å²) < 4.78 is 81.7. The van der Waals surface area contributed by atoms with Gasteiger partial charge in [0.2, 0.25) is 0 Å². The molecule has 3 fully saturated rings. The molecule has 3 aliphatic rings. The second-order valence-corrected chi connectivity index (χ2v) is 14.0. The summed E-state index contributed by atoms with van der Waals surface area (Å²) in [5, 5.41) is 0. The molecule has 0 N–H and O–H groups in total. The lowest BCUT2D eigenvalue weighted by Crippen LogP contribution is -2.37. The van der Waals surface area contributed by atoms with Crippen LogP contribution in [-0.4, -0.2) is 19.4 Å². The van der Waals surface area contributed by atoms with Gasteiger partial charge in [0, 0.05) is 6.07 Å². The molecule has 5 rings (SSSR count). The molecule has 2 aromatic rings. The summed E-state index contributed by atoms with van der Waals surface area (Å²) in [4.78, 5) is 0. The molecule has 2 nitrogen and oxygen atoms in total. The summed E-state index contributed by atoms with van der Waals surface area (Å²) in [5.74, 6) is 0.246. The number of rotatable bonds is 13. The van der Waals surface area contributed by atoms with Crippen molar-refractivity contribution >= 4 is 0 Å². The molecule has 3 saturated carbocycles. The molecule has 45 heavy (non-hydrogen) atoms. The van der Waals surface area contributed by atoms with Crippen LogP contribution in [0.15, 0.2) is 36.4 Å². The largest absolute Gasteiger partial charge is 0.488 e. The lowest BCUT2D eigenvalue weighted by atomic mass is 9.68. The Hall–Kier alpha value is -2.31. The molecule has 0 atom stereocenters. The van der Waals surface area contributed by atoms with Crippen LogP contribution in [0.5, 0.6) is 11.5 Å². The van der Waals surface area contributed by atoms with Crippen molar-refractivity contribution in [3.05, 3.63) is 59.2 Å². The number of alkyl halides is 3. The zero-order chi connectivity index (χ0) is 31.8. The number of halogens is 5. The fourth-order valence-corrected chi connectivity index (χ4v) is 8.48. The van der Waals surface area contributed by atoms with Crippen molar-refractivity contribution in [3.8, 4) is 11.5 Å². The molecule has 0 heterocycles. The topological polar surface area (TPSA) is 18.5 Å². The molecule has 0 bridgehead atoms. The van der Waals surface area contributed by atoms with E-state index in [1.807, 2.05) is 6.07 Å². The van der Waals surface area contributed by atoms with Crippen molar-refractivity contribution < 1.29 is 31.4 Å². The van der Waals surface area contributed by atoms with E-state index in [0.717, 1.165) is 48.3 Å². The average molecular weight is 635 g/mol. The third-order valence-corrected chi connectivity index (χ3v) is 11.2. The lowest BCUT2D eigenvalue weighted by Gasteiger charge is -2.38. The number of unbranched alkanes of at least 4 members (excludes halogenated alkanes) is 2. The van der Waals surface area contributed by atoms with E-state index in [1.54, 1.807) is 6.07 Å². The Morgan fingerprint density at radius 2 is 1.40 bits per heavy atom. The highest BCUT2D eigenvalue weighted by Crippen LogP contribution is 2.47. The van der Waals surface area contributed by atoms with E-state index in [1.165, 1.54) is 70.3 Å². The minimum absolute atomic E-state index is 0.108. The number of ether oxygens (including phenoxy) is 2. The van der Waals surface area contributed by atoms with Gasteiger partial charge in [-0.1, -0.05) is 57.6 Å². The van der Waals surface area contributed by atoms with Crippen LogP contribution >= 0.6 is 0 Å². The van der Waals surface area contributed by atoms with Crippen molar-refractivity contribution in [1.29, 1.82) is 0 Å². The molecule has 3 aliphatic carbocycles. The van der Waals surface area contributed by atoms with Crippen LogP contribution in [0.1, 0.15) is 133 Å². The Morgan fingerprint density at radius 1 is 0.733 bits per heavy atom. The maximum Gasteiger partial charge on any atom is 0.400 e. The van der Waals surface area contributed by atoms with Crippen molar-refractivity contribution in [2.24, 2.45) is 23.7 Å². The first-order valence-electron chi connectivity index (χ1n) is 17.6. The molecule has 0 saturated heterocycles. The molecule has 0 spiro atoms.